The van der Waals surface area contributed by atoms with Crippen molar-refractivity contribution >= 4 is 11.9 Å². The molecular weight excluding hydrogens is 144 g/mol. The average molecular weight is 160 g/mol. The molecule has 1 fully saturated rings. The second-order valence-corrected chi connectivity index (χ2v) is 4.16. The van der Waals surface area contributed by atoms with Crippen LogP contribution in [0.15, 0.2) is 0 Å². The molecule has 1 aliphatic rings. The van der Waals surface area contributed by atoms with Gasteiger partial charge in [0.25, 0.3) is 0 Å². The first-order valence-corrected chi connectivity index (χ1v) is 4.72. The summed E-state index contributed by atoms with van der Waals surface area (Å²) in [6.45, 7) is 2.52. The highest BCUT2D eigenvalue weighted by atomic mass is 32.2. The molecule has 3 heteroatoms. The molecule has 1 atom stereocenters. The van der Waals surface area contributed by atoms with Gasteiger partial charge in [-0.1, -0.05) is 11.9 Å². The quantitative estimate of drug-likeness (QED) is 0.605. The van der Waals surface area contributed by atoms with Gasteiger partial charge in [0.2, 0.25) is 0 Å². The van der Waals surface area contributed by atoms with Crippen molar-refractivity contribution in [2.75, 3.05) is 27.2 Å². The van der Waals surface area contributed by atoms with Crippen LogP contribution in [0.5, 0.6) is 0 Å². The molecule has 0 bridgehead atoms. The molecular formula is C7H16N2S. The van der Waals surface area contributed by atoms with Gasteiger partial charge in [0.05, 0.1) is 0 Å². The molecule has 0 aromatic heterocycles. The predicted molar refractivity (Wildman–Crippen MR) is 47.2 cm³/mol. The van der Waals surface area contributed by atoms with E-state index < -0.39 is 0 Å². The minimum atomic E-state index is 0.809. The normalized spacial score (nSPS) is 28.8. The summed E-state index contributed by atoms with van der Waals surface area (Å²) in [5.41, 5.74) is 0. The zero-order chi connectivity index (χ0) is 7.40. The van der Waals surface area contributed by atoms with Crippen LogP contribution in [0.2, 0.25) is 0 Å². The molecule has 0 aromatic carbocycles. The van der Waals surface area contributed by atoms with Gasteiger partial charge < -0.3 is 4.90 Å². The minimum absolute atomic E-state index is 0.809. The van der Waals surface area contributed by atoms with Gasteiger partial charge in [0.15, 0.2) is 0 Å². The van der Waals surface area contributed by atoms with E-state index in [0.29, 0.717) is 0 Å². The lowest BCUT2D eigenvalue weighted by Gasteiger charge is -2.28. The lowest BCUT2D eigenvalue weighted by Crippen LogP contribution is -2.34. The molecule has 0 aromatic rings. The zero-order valence-corrected chi connectivity index (χ0v) is 7.58. The first kappa shape index (κ1) is 8.37. The van der Waals surface area contributed by atoms with E-state index in [1.165, 1.54) is 25.9 Å². The zero-order valence-electron chi connectivity index (χ0n) is 6.76. The molecule has 0 spiro atoms. The third-order valence-corrected chi connectivity index (χ3v) is 2.82. The lowest BCUT2D eigenvalue weighted by atomic mass is 10.1. The Balaban J connectivity index is 2.18. The van der Waals surface area contributed by atoms with Crippen molar-refractivity contribution in [3.63, 3.8) is 0 Å². The third kappa shape index (κ3) is 2.48. The number of piperidine rings is 1. The molecule has 10 heavy (non-hydrogen) atoms. The van der Waals surface area contributed by atoms with E-state index >= 15 is 0 Å². The molecule has 60 valence electrons. The van der Waals surface area contributed by atoms with Gasteiger partial charge in [0, 0.05) is 11.8 Å². The maximum Gasteiger partial charge on any atom is 0.0320 e. The summed E-state index contributed by atoms with van der Waals surface area (Å²) in [6.07, 6.45) is 2.73. The molecule has 0 amide bonds. The third-order valence-electron chi connectivity index (χ3n) is 1.87. The number of nitrogens with one attached hydrogen (secondary N) is 1. The van der Waals surface area contributed by atoms with Crippen LogP contribution in [-0.2, 0) is 0 Å². The first-order chi connectivity index (χ1) is 4.83. The number of rotatable bonds is 2. The average Bonchev–Trinajstić information content (AvgIpc) is 1.88. The minimum Gasteiger partial charge on any atom is -0.305 e. The maximum atomic E-state index is 3.15. The van der Waals surface area contributed by atoms with Crippen molar-refractivity contribution in [3.8, 4) is 0 Å². The standard InChI is InChI=1S/C7H16N2S/c1-8-10-7-4-3-5-9(2)6-7/h7-8H,3-6H2,1-2H3/t7-/m0/s1. The SMILES string of the molecule is CNS[C@H]1CCCN(C)C1. The van der Waals surface area contributed by atoms with Crippen LogP contribution >= 0.6 is 11.9 Å². The molecule has 1 aliphatic heterocycles. The van der Waals surface area contributed by atoms with Crippen molar-refractivity contribution in [3.05, 3.63) is 0 Å². The summed E-state index contributed by atoms with van der Waals surface area (Å²) in [5.74, 6) is 0. The Morgan fingerprint density at radius 1 is 1.60 bits per heavy atom. The first-order valence-electron chi connectivity index (χ1n) is 3.84. The molecule has 0 unspecified atom stereocenters. The second kappa shape index (κ2) is 4.21. The summed E-state index contributed by atoms with van der Waals surface area (Å²) in [6, 6.07) is 0. The number of likely N-dealkylation sites (tertiary alicyclic amines) is 1. The molecule has 1 heterocycles. The molecule has 0 saturated carbocycles. The monoisotopic (exact) mass is 160 g/mol. The van der Waals surface area contributed by atoms with E-state index in [1.54, 1.807) is 0 Å². The van der Waals surface area contributed by atoms with Crippen LogP contribution in [0, 0.1) is 0 Å². The summed E-state index contributed by atoms with van der Waals surface area (Å²) in [7, 11) is 4.20. The van der Waals surface area contributed by atoms with Crippen LogP contribution in [0.25, 0.3) is 0 Å². The van der Waals surface area contributed by atoms with E-state index in [0.717, 1.165) is 5.25 Å². The van der Waals surface area contributed by atoms with Gasteiger partial charge in [-0.2, -0.15) is 0 Å². The predicted octanol–water partition coefficient (Wildman–Crippen LogP) is 0.948. The van der Waals surface area contributed by atoms with Crippen molar-refractivity contribution in [1.29, 1.82) is 0 Å². The smallest absolute Gasteiger partial charge is 0.0320 e. The van der Waals surface area contributed by atoms with Gasteiger partial charge >= 0.3 is 0 Å². The Bertz CT molecular complexity index is 95.6. The summed E-state index contributed by atoms with van der Waals surface area (Å²) < 4.78 is 3.15. The van der Waals surface area contributed by atoms with Crippen molar-refractivity contribution < 1.29 is 0 Å². The van der Waals surface area contributed by atoms with E-state index in [1.807, 2.05) is 19.0 Å². The molecule has 2 nitrogen and oxygen atoms in total. The topological polar surface area (TPSA) is 15.3 Å². The van der Waals surface area contributed by atoms with Crippen LogP contribution in [-0.4, -0.2) is 37.3 Å². The highest BCUT2D eigenvalue weighted by Crippen LogP contribution is 2.18. The Labute approximate surface area is 67.5 Å². The Morgan fingerprint density at radius 2 is 2.40 bits per heavy atom. The number of hydrogen-bond acceptors (Lipinski definition) is 3. The van der Waals surface area contributed by atoms with Crippen LogP contribution < -0.4 is 4.72 Å². The Hall–Kier alpha value is 0.270. The second-order valence-electron chi connectivity index (χ2n) is 2.85. The number of nitrogens with zero attached hydrogens (tertiary/aromatic N) is 1. The fourth-order valence-corrected chi connectivity index (χ4v) is 2.33. The largest absolute Gasteiger partial charge is 0.305 e. The highest BCUT2D eigenvalue weighted by Gasteiger charge is 2.16. The molecule has 1 N–H and O–H groups in total. The maximum absolute atomic E-state index is 3.15. The molecule has 1 rings (SSSR count). The van der Waals surface area contributed by atoms with Gasteiger partial charge in [0.1, 0.15) is 0 Å². The lowest BCUT2D eigenvalue weighted by molar-refractivity contribution is 0.283. The van der Waals surface area contributed by atoms with E-state index in [2.05, 4.69) is 16.7 Å². The Morgan fingerprint density at radius 3 is 3.00 bits per heavy atom. The van der Waals surface area contributed by atoms with Crippen LogP contribution in [0.3, 0.4) is 0 Å². The van der Waals surface area contributed by atoms with Crippen molar-refractivity contribution in [1.82, 2.24) is 9.62 Å². The van der Waals surface area contributed by atoms with Crippen molar-refractivity contribution in [2.24, 2.45) is 0 Å². The summed E-state index contributed by atoms with van der Waals surface area (Å²) in [5, 5.41) is 0.809. The molecule has 0 aliphatic carbocycles. The van der Waals surface area contributed by atoms with Gasteiger partial charge in [-0.15, -0.1) is 0 Å². The van der Waals surface area contributed by atoms with E-state index in [4.69, 9.17) is 0 Å². The van der Waals surface area contributed by atoms with Gasteiger partial charge in [-0.25, -0.2) is 0 Å². The van der Waals surface area contributed by atoms with Gasteiger partial charge in [-0.3, -0.25) is 4.72 Å². The fourth-order valence-electron chi connectivity index (χ4n) is 1.38. The van der Waals surface area contributed by atoms with Gasteiger partial charge in [-0.05, 0) is 33.5 Å². The van der Waals surface area contributed by atoms with E-state index in [9.17, 15) is 0 Å². The Kier molecular flexibility index (Phi) is 3.52. The van der Waals surface area contributed by atoms with Crippen molar-refractivity contribution in [2.45, 2.75) is 18.1 Å². The molecule has 1 saturated heterocycles. The highest BCUT2D eigenvalue weighted by molar-refractivity contribution is 7.98. The number of hydrogen-bond donors (Lipinski definition) is 1. The summed E-state index contributed by atoms with van der Waals surface area (Å²) >= 11 is 1.86. The van der Waals surface area contributed by atoms with E-state index in [-0.39, 0.29) is 0 Å². The fraction of sp³-hybridized carbons (Fsp3) is 1.00. The van der Waals surface area contributed by atoms with Crippen LogP contribution in [0.4, 0.5) is 0 Å². The van der Waals surface area contributed by atoms with Crippen LogP contribution in [0.1, 0.15) is 12.8 Å². The summed E-state index contributed by atoms with van der Waals surface area (Å²) in [4.78, 5) is 2.40. The molecule has 0 radical (unpaired) electrons.